The third-order valence-corrected chi connectivity index (χ3v) is 8.13. The Hall–Kier alpha value is -2.39. The van der Waals surface area contributed by atoms with E-state index >= 15 is 0 Å². The van der Waals surface area contributed by atoms with Gasteiger partial charge in [0.2, 0.25) is 15.9 Å². The first-order chi connectivity index (χ1) is 13.4. The maximum absolute atomic E-state index is 13.1. The molecule has 0 radical (unpaired) electrons. The van der Waals surface area contributed by atoms with Gasteiger partial charge in [0.15, 0.2) is 0 Å². The van der Waals surface area contributed by atoms with Gasteiger partial charge in [-0.05, 0) is 54.7 Å². The molecule has 0 unspecified atom stereocenters. The molecule has 0 aromatic heterocycles. The van der Waals surface area contributed by atoms with Gasteiger partial charge in [0.05, 0.1) is 22.0 Å². The van der Waals surface area contributed by atoms with Crippen LogP contribution < -0.4 is 9.03 Å². The van der Waals surface area contributed by atoms with Crippen LogP contribution in [0.2, 0.25) is 0 Å². The van der Waals surface area contributed by atoms with E-state index in [2.05, 4.69) is 4.72 Å². The number of aryl methyl sites for hydroxylation is 2. The second kappa shape index (κ2) is 7.46. The van der Waals surface area contributed by atoms with Crippen LogP contribution in [0.15, 0.2) is 41.3 Å². The number of benzene rings is 2. The Bertz CT molecular complexity index is 1190. The number of carbonyl (C=O) groups is 1. The quantitative estimate of drug-likeness (QED) is 0.775. The molecule has 3 rings (SSSR count). The molecule has 7 nitrogen and oxygen atoms in total. The lowest BCUT2D eigenvalue weighted by Crippen LogP contribution is -2.29. The number of para-hydroxylation sites is 1. The zero-order valence-electron chi connectivity index (χ0n) is 16.8. The van der Waals surface area contributed by atoms with Crippen LogP contribution in [0.4, 0.5) is 11.4 Å². The van der Waals surface area contributed by atoms with E-state index in [9.17, 15) is 21.6 Å². The summed E-state index contributed by atoms with van der Waals surface area (Å²) >= 11 is 0. The monoisotopic (exact) mass is 436 g/mol. The van der Waals surface area contributed by atoms with Gasteiger partial charge in [-0.2, -0.15) is 0 Å². The van der Waals surface area contributed by atoms with Crippen molar-refractivity contribution in [3.05, 3.63) is 53.1 Å². The molecule has 1 aliphatic rings. The highest BCUT2D eigenvalue weighted by Crippen LogP contribution is 2.32. The Morgan fingerprint density at radius 2 is 1.76 bits per heavy atom. The van der Waals surface area contributed by atoms with E-state index in [0.717, 1.165) is 15.4 Å². The molecule has 1 aliphatic heterocycles. The molecule has 2 aromatic carbocycles. The maximum atomic E-state index is 13.1. The summed E-state index contributed by atoms with van der Waals surface area (Å²) in [5.41, 5.74) is 2.75. The number of hydrogen-bond donors (Lipinski definition) is 1. The van der Waals surface area contributed by atoms with E-state index in [1.54, 1.807) is 6.92 Å². The van der Waals surface area contributed by atoms with Crippen LogP contribution in [0.5, 0.6) is 0 Å². The van der Waals surface area contributed by atoms with Crippen molar-refractivity contribution in [3.63, 3.8) is 0 Å². The molecule has 29 heavy (non-hydrogen) atoms. The van der Waals surface area contributed by atoms with Crippen LogP contribution in [0, 0.1) is 13.8 Å². The molecule has 1 fully saturated rings. The SMILES string of the molecule is Cc1cc(N2C(=O)CCS2(=O)=O)ccc1S(=O)(=O)Nc1c(C)cccc1C(C)C. The molecule has 1 amide bonds. The first-order valence-electron chi connectivity index (χ1n) is 9.23. The smallest absolute Gasteiger partial charge is 0.262 e. The van der Waals surface area contributed by atoms with Crippen molar-refractivity contribution in [2.24, 2.45) is 0 Å². The number of amides is 1. The van der Waals surface area contributed by atoms with Crippen molar-refractivity contribution in [3.8, 4) is 0 Å². The lowest BCUT2D eigenvalue weighted by atomic mass is 9.99. The van der Waals surface area contributed by atoms with Crippen LogP contribution in [-0.4, -0.2) is 28.5 Å². The zero-order valence-corrected chi connectivity index (χ0v) is 18.4. The van der Waals surface area contributed by atoms with Gasteiger partial charge in [-0.3, -0.25) is 9.52 Å². The van der Waals surface area contributed by atoms with Crippen LogP contribution in [-0.2, 0) is 24.8 Å². The van der Waals surface area contributed by atoms with Crippen molar-refractivity contribution in [2.75, 3.05) is 14.8 Å². The summed E-state index contributed by atoms with van der Waals surface area (Å²) in [6.45, 7) is 7.39. The first-order valence-corrected chi connectivity index (χ1v) is 12.3. The van der Waals surface area contributed by atoms with Crippen LogP contribution in [0.25, 0.3) is 0 Å². The highest BCUT2D eigenvalue weighted by molar-refractivity contribution is 7.94. The van der Waals surface area contributed by atoms with Crippen molar-refractivity contribution < 1.29 is 21.6 Å². The average molecular weight is 437 g/mol. The van der Waals surface area contributed by atoms with Gasteiger partial charge in [0.1, 0.15) is 0 Å². The highest BCUT2D eigenvalue weighted by atomic mass is 32.2. The molecule has 9 heteroatoms. The number of sulfonamides is 2. The van der Waals surface area contributed by atoms with Gasteiger partial charge < -0.3 is 0 Å². The van der Waals surface area contributed by atoms with E-state index in [1.165, 1.54) is 18.2 Å². The molecular weight excluding hydrogens is 412 g/mol. The standard InChI is InChI=1S/C20H24N2O5S2/c1-13(2)17-7-5-6-14(3)20(17)21-29(26,27)18-9-8-16(12-15(18)4)22-19(23)10-11-28(22,24)25/h5-9,12-13,21H,10-11H2,1-4H3. The molecule has 1 heterocycles. The molecule has 156 valence electrons. The maximum Gasteiger partial charge on any atom is 0.262 e. The van der Waals surface area contributed by atoms with Gasteiger partial charge in [-0.15, -0.1) is 0 Å². The predicted octanol–water partition coefficient (Wildman–Crippen LogP) is 3.29. The third-order valence-electron chi connectivity index (χ3n) is 4.92. The average Bonchev–Trinajstić information content (AvgIpc) is 2.88. The van der Waals surface area contributed by atoms with Gasteiger partial charge >= 0.3 is 0 Å². The topological polar surface area (TPSA) is 101 Å². The number of nitrogens with one attached hydrogen (secondary N) is 1. The molecule has 2 aromatic rings. The van der Waals surface area contributed by atoms with E-state index in [4.69, 9.17) is 0 Å². The Labute approximate surface area is 171 Å². The minimum atomic E-state index is -3.91. The lowest BCUT2D eigenvalue weighted by molar-refractivity contribution is -0.116. The van der Waals surface area contributed by atoms with E-state index < -0.39 is 26.0 Å². The molecule has 1 N–H and O–H groups in total. The van der Waals surface area contributed by atoms with Crippen molar-refractivity contribution in [1.82, 2.24) is 0 Å². The van der Waals surface area contributed by atoms with Crippen LogP contribution in [0.3, 0.4) is 0 Å². The summed E-state index contributed by atoms with van der Waals surface area (Å²) in [6, 6.07) is 9.70. The van der Waals surface area contributed by atoms with Gasteiger partial charge in [-0.25, -0.2) is 21.1 Å². The minimum Gasteiger partial charge on any atom is -0.279 e. The predicted molar refractivity (Wildman–Crippen MR) is 113 cm³/mol. The van der Waals surface area contributed by atoms with E-state index in [0.29, 0.717) is 11.3 Å². The second-order valence-electron chi connectivity index (χ2n) is 7.47. The Morgan fingerprint density at radius 1 is 1.07 bits per heavy atom. The van der Waals surface area contributed by atoms with E-state index in [-0.39, 0.29) is 28.7 Å². The summed E-state index contributed by atoms with van der Waals surface area (Å²) in [7, 11) is -7.61. The normalized spacial score (nSPS) is 16.4. The molecule has 0 bridgehead atoms. The fraction of sp³-hybridized carbons (Fsp3) is 0.350. The van der Waals surface area contributed by atoms with Crippen molar-refractivity contribution in [2.45, 2.75) is 44.9 Å². The fourth-order valence-corrected chi connectivity index (χ4v) is 6.27. The Morgan fingerprint density at radius 3 is 2.31 bits per heavy atom. The molecule has 0 spiro atoms. The summed E-state index contributed by atoms with van der Waals surface area (Å²) in [4.78, 5) is 12.0. The first kappa shape index (κ1) is 21.3. The lowest BCUT2D eigenvalue weighted by Gasteiger charge is -2.19. The number of hydrogen-bond acceptors (Lipinski definition) is 5. The number of anilines is 2. The Kier molecular flexibility index (Phi) is 5.48. The summed E-state index contributed by atoms with van der Waals surface area (Å²) in [5, 5.41) is 0. The third kappa shape index (κ3) is 4.02. The molecule has 0 aliphatic carbocycles. The highest BCUT2D eigenvalue weighted by Gasteiger charge is 2.36. The summed E-state index contributed by atoms with van der Waals surface area (Å²) in [5.74, 6) is -0.625. The van der Waals surface area contributed by atoms with Gasteiger partial charge in [-0.1, -0.05) is 32.0 Å². The number of rotatable bonds is 5. The van der Waals surface area contributed by atoms with E-state index in [1.807, 2.05) is 39.0 Å². The van der Waals surface area contributed by atoms with Crippen molar-refractivity contribution in [1.29, 1.82) is 0 Å². The molecule has 0 saturated carbocycles. The molecule has 1 saturated heterocycles. The second-order valence-corrected chi connectivity index (χ2v) is 11.1. The van der Waals surface area contributed by atoms with Crippen LogP contribution in [0.1, 0.15) is 42.9 Å². The number of carbonyl (C=O) groups excluding carboxylic acids is 1. The molecule has 0 atom stereocenters. The Balaban J connectivity index is 2.01. The van der Waals surface area contributed by atoms with Gasteiger partial charge in [0.25, 0.3) is 10.0 Å². The number of nitrogens with zero attached hydrogens (tertiary/aromatic N) is 1. The van der Waals surface area contributed by atoms with Gasteiger partial charge in [0, 0.05) is 6.42 Å². The van der Waals surface area contributed by atoms with Crippen LogP contribution >= 0.6 is 0 Å². The molecular formula is C20H24N2O5S2. The van der Waals surface area contributed by atoms with Crippen molar-refractivity contribution >= 4 is 37.3 Å². The summed E-state index contributed by atoms with van der Waals surface area (Å²) < 4.78 is 53.8. The fourth-order valence-electron chi connectivity index (χ4n) is 3.43. The summed E-state index contributed by atoms with van der Waals surface area (Å²) in [6.07, 6.45) is -0.0751. The zero-order chi connectivity index (χ0) is 21.6. The minimum absolute atomic E-state index is 0.0308. The largest absolute Gasteiger partial charge is 0.279 e.